The molecular weight excluding hydrogens is 349 g/mol. The molecule has 0 aliphatic rings. The Bertz CT molecular complexity index is 894. The average molecular weight is 373 g/mol. The monoisotopic (exact) mass is 373 g/mol. The van der Waals surface area contributed by atoms with Crippen molar-refractivity contribution in [3.05, 3.63) is 63.8 Å². The van der Waals surface area contributed by atoms with Gasteiger partial charge in [0, 0.05) is 30.9 Å². The van der Waals surface area contributed by atoms with Gasteiger partial charge in [0.1, 0.15) is 11.5 Å². The van der Waals surface area contributed by atoms with E-state index >= 15 is 0 Å². The smallest absolute Gasteiger partial charge is 0.274 e. The largest absolute Gasteiger partial charge is 0.334 e. The summed E-state index contributed by atoms with van der Waals surface area (Å²) in [6, 6.07) is 6.31. The highest BCUT2D eigenvalue weighted by Crippen LogP contribution is 2.15. The van der Waals surface area contributed by atoms with E-state index in [0.29, 0.717) is 5.56 Å². The van der Waals surface area contributed by atoms with Gasteiger partial charge in [-0.25, -0.2) is 4.39 Å². The number of nitrogens with one attached hydrogen (secondary N) is 1. The molecule has 2 rings (SSSR count). The highest BCUT2D eigenvalue weighted by Gasteiger charge is 2.23. The summed E-state index contributed by atoms with van der Waals surface area (Å²) in [4.78, 5) is 39.3. The number of rotatable bonds is 5. The average Bonchev–Trinajstić information content (AvgIpc) is 2.58. The van der Waals surface area contributed by atoms with Crippen molar-refractivity contribution >= 4 is 17.5 Å². The van der Waals surface area contributed by atoms with Gasteiger partial charge in [0.15, 0.2) is 0 Å². The molecule has 27 heavy (non-hydrogen) atoms. The van der Waals surface area contributed by atoms with Crippen LogP contribution < -0.4 is 10.9 Å². The zero-order valence-corrected chi connectivity index (χ0v) is 16.1. The summed E-state index contributed by atoms with van der Waals surface area (Å²) in [6.07, 6.45) is 1.45. The van der Waals surface area contributed by atoms with Crippen LogP contribution in [-0.2, 0) is 7.05 Å². The third kappa shape index (κ3) is 4.61. The highest BCUT2D eigenvalue weighted by atomic mass is 19.1. The normalized spacial score (nSPS) is 11.0. The van der Waals surface area contributed by atoms with E-state index in [1.165, 1.54) is 36.0 Å². The fourth-order valence-electron chi connectivity index (χ4n) is 2.93. The SMILES string of the molecule is CC(C)N(C(=O)c1cc(NC(=O)c2ccc(F)cc2)c(=O)n(C)c1)C(C)C. The Morgan fingerprint density at radius 1 is 1.04 bits per heavy atom. The van der Waals surface area contributed by atoms with Gasteiger partial charge < -0.3 is 14.8 Å². The first kappa shape index (κ1) is 20.4. The number of hydrogen-bond acceptors (Lipinski definition) is 3. The maximum absolute atomic E-state index is 13.0. The fourth-order valence-corrected chi connectivity index (χ4v) is 2.93. The first-order valence-corrected chi connectivity index (χ1v) is 8.72. The first-order chi connectivity index (χ1) is 12.6. The van der Waals surface area contributed by atoms with Gasteiger partial charge in [-0.3, -0.25) is 14.4 Å². The number of carbonyl (C=O) groups excluding carboxylic acids is 2. The second-order valence-electron chi connectivity index (χ2n) is 6.92. The van der Waals surface area contributed by atoms with Crippen LogP contribution in [0.3, 0.4) is 0 Å². The Hall–Kier alpha value is -2.96. The van der Waals surface area contributed by atoms with E-state index in [2.05, 4.69) is 5.32 Å². The van der Waals surface area contributed by atoms with Crippen LogP contribution in [0.1, 0.15) is 48.4 Å². The number of carbonyl (C=O) groups is 2. The summed E-state index contributed by atoms with van der Waals surface area (Å²) in [6.45, 7) is 7.66. The van der Waals surface area contributed by atoms with Crippen LogP contribution in [0.25, 0.3) is 0 Å². The Labute approximate surface area is 157 Å². The van der Waals surface area contributed by atoms with Crippen LogP contribution in [0, 0.1) is 5.82 Å². The van der Waals surface area contributed by atoms with Gasteiger partial charge in [0.25, 0.3) is 17.4 Å². The molecule has 1 aromatic heterocycles. The van der Waals surface area contributed by atoms with Crippen molar-refractivity contribution in [2.45, 2.75) is 39.8 Å². The van der Waals surface area contributed by atoms with E-state index in [0.717, 1.165) is 12.1 Å². The lowest BCUT2D eigenvalue weighted by Gasteiger charge is -2.31. The topological polar surface area (TPSA) is 71.4 Å². The minimum atomic E-state index is -0.554. The van der Waals surface area contributed by atoms with E-state index in [-0.39, 0.29) is 29.2 Å². The van der Waals surface area contributed by atoms with Gasteiger partial charge in [0.05, 0.1) is 5.56 Å². The number of anilines is 1. The summed E-state index contributed by atoms with van der Waals surface area (Å²) >= 11 is 0. The van der Waals surface area contributed by atoms with Gasteiger partial charge in [-0.15, -0.1) is 0 Å². The molecule has 0 atom stereocenters. The Morgan fingerprint density at radius 2 is 1.59 bits per heavy atom. The molecule has 1 aromatic carbocycles. The summed E-state index contributed by atoms with van der Waals surface area (Å²) in [7, 11) is 1.52. The van der Waals surface area contributed by atoms with Crippen molar-refractivity contribution in [3.8, 4) is 0 Å². The maximum Gasteiger partial charge on any atom is 0.274 e. The minimum Gasteiger partial charge on any atom is -0.334 e. The Kier molecular flexibility index (Phi) is 6.15. The van der Waals surface area contributed by atoms with E-state index in [1.807, 2.05) is 27.7 Å². The molecule has 0 fully saturated rings. The van der Waals surface area contributed by atoms with E-state index in [4.69, 9.17) is 0 Å². The van der Waals surface area contributed by atoms with Crippen molar-refractivity contribution < 1.29 is 14.0 Å². The molecule has 0 radical (unpaired) electrons. The molecule has 6 nitrogen and oxygen atoms in total. The third-order valence-electron chi connectivity index (χ3n) is 4.13. The van der Waals surface area contributed by atoms with Crippen molar-refractivity contribution in [1.82, 2.24) is 9.47 Å². The van der Waals surface area contributed by atoms with Gasteiger partial charge in [0.2, 0.25) is 0 Å². The molecular formula is C20H24FN3O3. The number of amides is 2. The quantitative estimate of drug-likeness (QED) is 0.876. The molecule has 0 bridgehead atoms. The summed E-state index contributed by atoms with van der Waals surface area (Å²) in [5.41, 5.74) is 0.0582. The number of aryl methyl sites for hydroxylation is 1. The van der Waals surface area contributed by atoms with Crippen LogP contribution in [0.5, 0.6) is 0 Å². The maximum atomic E-state index is 13.0. The molecule has 0 saturated carbocycles. The Morgan fingerprint density at radius 3 is 2.11 bits per heavy atom. The zero-order chi connectivity index (χ0) is 20.3. The standard InChI is InChI=1S/C20H24FN3O3/c1-12(2)24(13(3)4)19(26)15-10-17(20(27)23(5)11-15)22-18(25)14-6-8-16(21)9-7-14/h6-13H,1-5H3,(H,22,25). The third-order valence-corrected chi connectivity index (χ3v) is 4.13. The van der Waals surface area contributed by atoms with Crippen LogP contribution in [0.15, 0.2) is 41.3 Å². The summed E-state index contributed by atoms with van der Waals surface area (Å²) < 4.78 is 14.3. The minimum absolute atomic E-state index is 0.00913. The van der Waals surface area contributed by atoms with Crippen molar-refractivity contribution in [2.24, 2.45) is 7.05 Å². The van der Waals surface area contributed by atoms with E-state index in [9.17, 15) is 18.8 Å². The molecule has 0 aliphatic heterocycles. The fraction of sp³-hybridized carbons (Fsp3) is 0.350. The predicted molar refractivity (Wildman–Crippen MR) is 102 cm³/mol. The van der Waals surface area contributed by atoms with Crippen molar-refractivity contribution in [3.63, 3.8) is 0 Å². The molecule has 7 heteroatoms. The van der Waals surface area contributed by atoms with Crippen molar-refractivity contribution in [2.75, 3.05) is 5.32 Å². The van der Waals surface area contributed by atoms with Crippen LogP contribution >= 0.6 is 0 Å². The number of halogens is 1. The molecule has 144 valence electrons. The lowest BCUT2D eigenvalue weighted by atomic mass is 10.1. The zero-order valence-electron chi connectivity index (χ0n) is 16.1. The van der Waals surface area contributed by atoms with Crippen LogP contribution in [0.4, 0.5) is 10.1 Å². The van der Waals surface area contributed by atoms with Gasteiger partial charge in [-0.1, -0.05) is 0 Å². The predicted octanol–water partition coefficient (Wildman–Crippen LogP) is 3.04. The lowest BCUT2D eigenvalue weighted by molar-refractivity contribution is 0.0642. The Balaban J connectivity index is 2.38. The molecule has 2 amide bonds. The van der Waals surface area contributed by atoms with Crippen molar-refractivity contribution in [1.29, 1.82) is 0 Å². The molecule has 1 heterocycles. The molecule has 0 aliphatic carbocycles. The lowest BCUT2D eigenvalue weighted by Crippen LogP contribution is -2.42. The summed E-state index contributed by atoms with van der Waals surface area (Å²) in [5.74, 6) is -1.24. The van der Waals surface area contributed by atoms with Gasteiger partial charge in [-0.05, 0) is 58.0 Å². The molecule has 0 saturated heterocycles. The number of hydrogen-bond donors (Lipinski definition) is 1. The van der Waals surface area contributed by atoms with E-state index in [1.54, 1.807) is 4.90 Å². The van der Waals surface area contributed by atoms with E-state index < -0.39 is 17.3 Å². The van der Waals surface area contributed by atoms with Crippen LogP contribution in [-0.4, -0.2) is 33.4 Å². The van der Waals surface area contributed by atoms with Gasteiger partial charge >= 0.3 is 0 Å². The highest BCUT2D eigenvalue weighted by molar-refractivity contribution is 6.05. The van der Waals surface area contributed by atoms with Crippen LogP contribution in [0.2, 0.25) is 0 Å². The number of benzene rings is 1. The summed E-state index contributed by atoms with van der Waals surface area (Å²) in [5, 5.41) is 2.51. The number of nitrogens with zero attached hydrogens (tertiary/aromatic N) is 2. The molecule has 0 spiro atoms. The molecule has 2 aromatic rings. The second kappa shape index (κ2) is 8.16. The number of pyridine rings is 1. The second-order valence-corrected chi connectivity index (χ2v) is 6.92. The molecule has 0 unspecified atom stereocenters. The van der Waals surface area contributed by atoms with Gasteiger partial charge in [-0.2, -0.15) is 0 Å². The number of aromatic nitrogens is 1. The molecule has 1 N–H and O–H groups in total. The first-order valence-electron chi connectivity index (χ1n) is 8.72.